The van der Waals surface area contributed by atoms with Crippen molar-refractivity contribution in [1.82, 2.24) is 0 Å². The Labute approximate surface area is 258 Å². The van der Waals surface area contributed by atoms with Crippen LogP contribution in [0.4, 0.5) is 0 Å². The van der Waals surface area contributed by atoms with Gasteiger partial charge >= 0.3 is 0 Å². The Balaban J connectivity index is 2.21. The monoisotopic (exact) mass is 586 g/mol. The minimum Gasteiger partial charge on any atom is -0.490 e. The lowest BCUT2D eigenvalue weighted by atomic mass is 9.38. The summed E-state index contributed by atoms with van der Waals surface area (Å²) in [6.45, 7) is 17.5. The number of benzene rings is 1. The topological polar surface area (TPSA) is 80.7 Å². The molecular weight excluding hydrogens is 536 g/mol. The van der Waals surface area contributed by atoms with E-state index in [0.29, 0.717) is 36.8 Å². The number of carbonyl (C=O) groups excluding carboxylic acids is 3. The first-order valence-corrected chi connectivity index (χ1v) is 15.7. The minimum absolute atomic E-state index is 0.147. The Morgan fingerprint density at radius 2 is 1.58 bits per heavy atom. The van der Waals surface area contributed by atoms with Crippen molar-refractivity contribution in [2.24, 2.45) is 22.2 Å². The lowest BCUT2D eigenvalue weighted by Crippen LogP contribution is -2.69. The van der Waals surface area contributed by atoms with Gasteiger partial charge in [-0.05, 0) is 105 Å². The van der Waals surface area contributed by atoms with Crippen LogP contribution in [0.2, 0.25) is 0 Å². The number of carbonyl (C=O) groups is 3. The van der Waals surface area contributed by atoms with Gasteiger partial charge in [-0.25, -0.2) is 0 Å². The fourth-order valence-electron chi connectivity index (χ4n) is 7.65. The molecule has 43 heavy (non-hydrogen) atoms. The Morgan fingerprint density at radius 1 is 0.977 bits per heavy atom. The van der Waals surface area contributed by atoms with E-state index in [1.165, 1.54) is 0 Å². The van der Waals surface area contributed by atoms with Gasteiger partial charge < -0.3 is 9.84 Å². The van der Waals surface area contributed by atoms with Crippen LogP contribution in [0.3, 0.4) is 0 Å². The molecule has 5 heteroatoms. The molecule has 1 saturated carbocycles. The van der Waals surface area contributed by atoms with Crippen LogP contribution >= 0.6 is 0 Å². The summed E-state index contributed by atoms with van der Waals surface area (Å²) in [4.78, 5) is 45.7. The van der Waals surface area contributed by atoms with E-state index in [-0.39, 0.29) is 41.9 Å². The highest BCUT2D eigenvalue weighted by Crippen LogP contribution is 2.70. The van der Waals surface area contributed by atoms with Gasteiger partial charge in [0.1, 0.15) is 11.9 Å². The molecule has 0 radical (unpaired) electrons. The molecule has 1 aromatic rings. The zero-order valence-electron chi connectivity index (χ0n) is 27.6. The number of allylic oxidation sites excluding steroid dienone is 8. The molecule has 4 rings (SSSR count). The predicted molar refractivity (Wildman–Crippen MR) is 171 cm³/mol. The molecule has 0 unspecified atom stereocenters. The van der Waals surface area contributed by atoms with Crippen molar-refractivity contribution in [2.75, 3.05) is 0 Å². The summed E-state index contributed by atoms with van der Waals surface area (Å²) in [6, 6.07) is 9.00. The average Bonchev–Trinajstić information content (AvgIpc) is 3.08. The second-order valence-electron chi connectivity index (χ2n) is 14.6. The summed E-state index contributed by atoms with van der Waals surface area (Å²) in [5.74, 6) is -0.848. The van der Waals surface area contributed by atoms with E-state index >= 15 is 9.59 Å². The number of ether oxygens (including phenoxy) is 1. The van der Waals surface area contributed by atoms with Crippen molar-refractivity contribution in [3.05, 3.63) is 82.2 Å². The molecule has 1 saturated heterocycles. The van der Waals surface area contributed by atoms with Crippen molar-refractivity contribution < 1.29 is 24.2 Å². The molecule has 0 aromatic heterocycles. The highest BCUT2D eigenvalue weighted by molar-refractivity contribution is 6.30. The van der Waals surface area contributed by atoms with E-state index < -0.39 is 27.9 Å². The predicted octanol–water partition coefficient (Wildman–Crippen LogP) is 8.29. The fourth-order valence-corrected chi connectivity index (χ4v) is 7.65. The fraction of sp³-hybridized carbons (Fsp3) is 0.553. The highest BCUT2D eigenvalue weighted by Gasteiger charge is 2.77. The molecule has 2 aliphatic carbocycles. The molecule has 1 heterocycles. The third-order valence-electron chi connectivity index (χ3n) is 10.2. The van der Waals surface area contributed by atoms with E-state index in [1.54, 1.807) is 26.0 Å². The smallest absolute Gasteiger partial charge is 0.184 e. The van der Waals surface area contributed by atoms with Gasteiger partial charge in [0, 0.05) is 11.1 Å². The van der Waals surface area contributed by atoms with E-state index in [0.717, 1.165) is 16.7 Å². The SMILES string of the molecule is CC(C)=CCC1=C2O[C@H](C(C)(C)O)CC[C@]3(C)[C@@H](CC=C(C)C)C[C@](CC=C(C)C)(C1=O)C(=O)[C@]23C(=O)c1ccccc1. The average molecular weight is 587 g/mol. The van der Waals surface area contributed by atoms with Crippen molar-refractivity contribution in [3.8, 4) is 0 Å². The van der Waals surface area contributed by atoms with Crippen LogP contribution in [0, 0.1) is 22.2 Å². The van der Waals surface area contributed by atoms with Crippen LogP contribution in [-0.2, 0) is 14.3 Å². The van der Waals surface area contributed by atoms with Crippen molar-refractivity contribution in [3.63, 3.8) is 0 Å². The van der Waals surface area contributed by atoms with Crippen LogP contribution in [0.15, 0.2) is 76.6 Å². The first kappa shape index (κ1) is 32.9. The number of hydrogen-bond acceptors (Lipinski definition) is 5. The second kappa shape index (κ2) is 11.8. The molecule has 5 nitrogen and oxygen atoms in total. The van der Waals surface area contributed by atoms with Gasteiger partial charge in [0.15, 0.2) is 22.8 Å². The number of fused-ring (bicyclic) bond motifs is 1. The van der Waals surface area contributed by atoms with Gasteiger partial charge in [0.25, 0.3) is 0 Å². The van der Waals surface area contributed by atoms with Crippen LogP contribution in [0.5, 0.6) is 0 Å². The second-order valence-corrected chi connectivity index (χ2v) is 14.6. The molecule has 0 spiro atoms. The molecule has 1 aliphatic heterocycles. The Kier molecular flexibility index (Phi) is 9.02. The number of hydrogen-bond donors (Lipinski definition) is 1. The zero-order valence-corrected chi connectivity index (χ0v) is 27.6. The maximum atomic E-state index is 15.5. The molecule has 1 N–H and O–H groups in total. The summed E-state index contributed by atoms with van der Waals surface area (Å²) in [6.07, 6.45) is 7.92. The normalized spacial score (nSPS) is 30.2. The number of Topliss-reactive ketones (excluding diaryl/α,β-unsaturated/α-hetero) is 3. The zero-order chi connectivity index (χ0) is 32.0. The third kappa shape index (κ3) is 5.43. The number of ketones is 3. The van der Waals surface area contributed by atoms with Gasteiger partial charge in [-0.2, -0.15) is 0 Å². The maximum absolute atomic E-state index is 15.5. The van der Waals surface area contributed by atoms with Gasteiger partial charge in [0.05, 0.1) is 11.0 Å². The third-order valence-corrected chi connectivity index (χ3v) is 10.2. The summed E-state index contributed by atoms with van der Waals surface area (Å²) >= 11 is 0. The quantitative estimate of drug-likeness (QED) is 0.179. The summed E-state index contributed by atoms with van der Waals surface area (Å²) in [5, 5.41) is 11.3. The molecule has 1 aromatic carbocycles. The van der Waals surface area contributed by atoms with Crippen molar-refractivity contribution >= 4 is 17.3 Å². The maximum Gasteiger partial charge on any atom is 0.184 e. The number of rotatable bonds is 9. The summed E-state index contributed by atoms with van der Waals surface area (Å²) in [5.41, 5.74) is -1.17. The molecule has 2 bridgehead atoms. The van der Waals surface area contributed by atoms with Gasteiger partial charge in [-0.15, -0.1) is 0 Å². The summed E-state index contributed by atoms with van der Waals surface area (Å²) in [7, 11) is 0. The molecular formula is C38H50O5. The molecule has 232 valence electrons. The van der Waals surface area contributed by atoms with Crippen molar-refractivity contribution in [1.29, 1.82) is 0 Å². The lowest BCUT2D eigenvalue weighted by molar-refractivity contribution is -0.166. The van der Waals surface area contributed by atoms with Crippen LogP contribution in [0.25, 0.3) is 0 Å². The van der Waals surface area contributed by atoms with Crippen LogP contribution in [0.1, 0.15) is 111 Å². The first-order valence-electron chi connectivity index (χ1n) is 15.7. The molecule has 5 atom stereocenters. The lowest BCUT2D eigenvalue weighted by Gasteiger charge is -2.60. The van der Waals surface area contributed by atoms with E-state index in [9.17, 15) is 9.90 Å². The van der Waals surface area contributed by atoms with E-state index in [1.807, 2.05) is 58.0 Å². The summed E-state index contributed by atoms with van der Waals surface area (Å²) < 4.78 is 6.78. The minimum atomic E-state index is -1.71. The largest absolute Gasteiger partial charge is 0.490 e. The van der Waals surface area contributed by atoms with E-state index in [4.69, 9.17) is 4.74 Å². The molecule has 3 aliphatic rings. The number of aliphatic hydroxyl groups is 1. The van der Waals surface area contributed by atoms with Crippen molar-refractivity contribution in [2.45, 2.75) is 113 Å². The molecule has 0 amide bonds. The van der Waals surface area contributed by atoms with E-state index in [2.05, 4.69) is 26.8 Å². The molecule has 2 fully saturated rings. The Bertz CT molecular complexity index is 1410. The Hall–Kier alpha value is -3.05. The standard InChI is InChI=1S/C38H50O5/c1-24(2)15-17-28-23-37(22-19-26(5)6)32(40)29(18-16-25(3)4)33-38(34(37)41,31(39)27-13-11-10-12-14-27)36(28,9)21-20-30(43-33)35(7,8)42/h10-16,19,28,30,42H,17-18,20-23H2,1-9H3/t28-,30-,36+,37+,38-/m0/s1. The first-order chi connectivity index (χ1) is 20.0. The van der Waals surface area contributed by atoms with Gasteiger partial charge in [-0.3, -0.25) is 14.4 Å². The Morgan fingerprint density at radius 3 is 2.14 bits per heavy atom. The van der Waals surface area contributed by atoms with Gasteiger partial charge in [0.2, 0.25) is 0 Å². The van der Waals surface area contributed by atoms with Crippen LogP contribution < -0.4 is 0 Å². The highest BCUT2D eigenvalue weighted by atomic mass is 16.5. The van der Waals surface area contributed by atoms with Gasteiger partial charge in [-0.1, -0.05) is 72.2 Å². The van der Waals surface area contributed by atoms with Crippen LogP contribution in [-0.4, -0.2) is 34.2 Å².